The van der Waals surface area contributed by atoms with Crippen molar-refractivity contribution < 1.29 is 23.1 Å². The zero-order valence-electron chi connectivity index (χ0n) is 10.3. The molecule has 0 radical (unpaired) electrons. The second kappa shape index (κ2) is 5.66. The van der Waals surface area contributed by atoms with Crippen molar-refractivity contribution in [3.05, 3.63) is 27.3 Å². The van der Waals surface area contributed by atoms with Crippen LogP contribution < -0.4 is 5.32 Å². The molecule has 1 amide bonds. The van der Waals surface area contributed by atoms with Gasteiger partial charge in [-0.15, -0.1) is 0 Å². The van der Waals surface area contributed by atoms with Crippen molar-refractivity contribution in [1.29, 1.82) is 0 Å². The Labute approximate surface area is 122 Å². The normalized spacial score (nSPS) is 14.9. The molecule has 0 saturated carbocycles. The monoisotopic (exact) mass is 387 g/mol. The summed E-state index contributed by atoms with van der Waals surface area (Å²) in [4.78, 5) is 11.5. The molecular weight excluding hydrogens is 374 g/mol. The van der Waals surface area contributed by atoms with Crippen LogP contribution in [0.5, 0.6) is 0 Å². The highest BCUT2D eigenvalue weighted by Crippen LogP contribution is 2.32. The van der Waals surface area contributed by atoms with Crippen LogP contribution in [-0.4, -0.2) is 22.8 Å². The van der Waals surface area contributed by atoms with Crippen molar-refractivity contribution in [2.45, 2.75) is 32.0 Å². The molecule has 0 bridgehead atoms. The number of carbonyl (C=O) groups excluding carboxylic acids is 1. The van der Waals surface area contributed by atoms with Gasteiger partial charge in [0.05, 0.1) is 6.42 Å². The minimum absolute atomic E-state index is 0.401. The fourth-order valence-corrected chi connectivity index (χ4v) is 1.80. The first-order valence-corrected chi connectivity index (χ1v) is 6.46. The second-order valence-corrected chi connectivity index (χ2v) is 5.62. The van der Waals surface area contributed by atoms with E-state index >= 15 is 0 Å². The summed E-state index contributed by atoms with van der Waals surface area (Å²) < 4.78 is 38.1. The van der Waals surface area contributed by atoms with Crippen LogP contribution in [0.3, 0.4) is 0 Å². The Morgan fingerprint density at radius 3 is 2.47 bits per heavy atom. The van der Waals surface area contributed by atoms with Crippen LogP contribution in [0.25, 0.3) is 0 Å². The Bertz CT molecular complexity index is 486. The van der Waals surface area contributed by atoms with Gasteiger partial charge in [0, 0.05) is 9.26 Å². The number of amides is 1. The lowest BCUT2D eigenvalue weighted by Gasteiger charge is -2.25. The lowest BCUT2D eigenvalue weighted by Crippen LogP contribution is -2.44. The largest absolute Gasteiger partial charge is 0.417 e. The molecule has 1 aromatic rings. The molecule has 19 heavy (non-hydrogen) atoms. The van der Waals surface area contributed by atoms with Crippen LogP contribution in [0.2, 0.25) is 0 Å². The Morgan fingerprint density at radius 2 is 2.00 bits per heavy atom. The fourth-order valence-electron chi connectivity index (χ4n) is 1.29. The van der Waals surface area contributed by atoms with Crippen molar-refractivity contribution in [3.8, 4) is 0 Å². The van der Waals surface area contributed by atoms with E-state index in [0.717, 1.165) is 9.13 Å². The minimum atomic E-state index is -4.84. The first-order chi connectivity index (χ1) is 8.53. The van der Waals surface area contributed by atoms with E-state index in [4.69, 9.17) is 0 Å². The summed E-state index contributed by atoms with van der Waals surface area (Å²) in [6.45, 7) is 2.45. The fraction of sp³-hybridized carbons (Fsp3) is 0.417. The summed E-state index contributed by atoms with van der Waals surface area (Å²) in [7, 11) is 0. The van der Waals surface area contributed by atoms with Gasteiger partial charge in [0.15, 0.2) is 5.60 Å². The molecule has 0 spiro atoms. The molecule has 106 valence electrons. The van der Waals surface area contributed by atoms with Gasteiger partial charge < -0.3 is 10.4 Å². The summed E-state index contributed by atoms with van der Waals surface area (Å²) in [5, 5.41) is 11.5. The summed E-state index contributed by atoms with van der Waals surface area (Å²) in [6.07, 6.45) is -5.88. The zero-order valence-corrected chi connectivity index (χ0v) is 12.5. The smallest absolute Gasteiger partial charge is 0.380 e. The summed E-state index contributed by atoms with van der Waals surface area (Å²) in [6, 6.07) is 4.99. The summed E-state index contributed by atoms with van der Waals surface area (Å²) in [5.74, 6) is -0.887. The summed E-state index contributed by atoms with van der Waals surface area (Å²) in [5.41, 5.74) is -1.63. The Kier molecular flexibility index (Phi) is 4.83. The van der Waals surface area contributed by atoms with Crippen LogP contribution in [0.1, 0.15) is 18.9 Å². The lowest BCUT2D eigenvalue weighted by atomic mass is 10.0. The highest BCUT2D eigenvalue weighted by Gasteiger charge is 2.50. The van der Waals surface area contributed by atoms with Gasteiger partial charge in [-0.25, -0.2) is 0 Å². The zero-order chi connectivity index (χ0) is 14.8. The number of aliphatic hydroxyl groups is 1. The van der Waals surface area contributed by atoms with Crippen molar-refractivity contribution in [2.24, 2.45) is 0 Å². The number of carbonyl (C=O) groups is 1. The minimum Gasteiger partial charge on any atom is -0.380 e. The number of hydrogen-bond donors (Lipinski definition) is 2. The highest BCUT2D eigenvalue weighted by atomic mass is 127. The number of anilines is 1. The Hall–Kier alpha value is -0.830. The van der Waals surface area contributed by atoms with E-state index in [0.29, 0.717) is 12.6 Å². The molecule has 0 fully saturated rings. The molecule has 0 aliphatic carbocycles. The number of benzene rings is 1. The highest BCUT2D eigenvalue weighted by molar-refractivity contribution is 14.1. The Morgan fingerprint density at radius 1 is 1.42 bits per heavy atom. The topological polar surface area (TPSA) is 49.3 Å². The third-order valence-electron chi connectivity index (χ3n) is 2.57. The van der Waals surface area contributed by atoms with Gasteiger partial charge in [0.25, 0.3) is 0 Å². The van der Waals surface area contributed by atoms with Crippen LogP contribution in [0, 0.1) is 10.5 Å². The predicted octanol–water partition coefficient (Wildman–Crippen LogP) is 3.24. The second-order valence-electron chi connectivity index (χ2n) is 4.46. The first-order valence-electron chi connectivity index (χ1n) is 5.38. The van der Waals surface area contributed by atoms with Crippen LogP contribution in [0.4, 0.5) is 18.9 Å². The van der Waals surface area contributed by atoms with E-state index in [1.165, 1.54) is 0 Å². The van der Waals surface area contributed by atoms with E-state index in [2.05, 4.69) is 27.9 Å². The lowest BCUT2D eigenvalue weighted by molar-refractivity contribution is -0.252. The van der Waals surface area contributed by atoms with Gasteiger partial charge in [0.1, 0.15) is 0 Å². The van der Waals surface area contributed by atoms with Gasteiger partial charge in [-0.3, -0.25) is 4.79 Å². The quantitative estimate of drug-likeness (QED) is 0.783. The molecule has 0 saturated heterocycles. The average Bonchev–Trinajstić information content (AvgIpc) is 2.21. The number of aryl methyl sites for hydroxylation is 1. The first kappa shape index (κ1) is 16.2. The maximum atomic E-state index is 12.4. The van der Waals surface area contributed by atoms with E-state index in [1.807, 2.05) is 6.92 Å². The van der Waals surface area contributed by atoms with E-state index in [9.17, 15) is 23.1 Å². The van der Waals surface area contributed by atoms with E-state index < -0.39 is 24.1 Å². The van der Waals surface area contributed by atoms with E-state index in [1.54, 1.807) is 18.2 Å². The number of hydrogen-bond acceptors (Lipinski definition) is 2. The molecule has 0 aliphatic heterocycles. The van der Waals surface area contributed by atoms with Crippen molar-refractivity contribution in [2.75, 3.05) is 5.32 Å². The van der Waals surface area contributed by atoms with Gasteiger partial charge >= 0.3 is 6.18 Å². The molecule has 1 atom stereocenters. The molecule has 0 aromatic heterocycles. The van der Waals surface area contributed by atoms with Crippen molar-refractivity contribution >= 4 is 34.2 Å². The summed E-state index contributed by atoms with van der Waals surface area (Å²) >= 11 is 2.06. The molecule has 0 heterocycles. The number of alkyl halides is 3. The van der Waals surface area contributed by atoms with Crippen LogP contribution >= 0.6 is 22.6 Å². The molecule has 3 nitrogen and oxygen atoms in total. The molecule has 1 rings (SSSR count). The molecule has 0 aliphatic rings. The number of nitrogens with one attached hydrogen (secondary N) is 1. The third kappa shape index (κ3) is 4.34. The molecule has 0 unspecified atom stereocenters. The van der Waals surface area contributed by atoms with Gasteiger partial charge in [-0.05, 0) is 54.1 Å². The SMILES string of the molecule is Cc1ccc(NC(=O)C[C@@](C)(O)C(F)(F)F)cc1I. The van der Waals surface area contributed by atoms with Crippen molar-refractivity contribution in [3.63, 3.8) is 0 Å². The molecule has 1 aromatic carbocycles. The molecule has 7 heteroatoms. The average molecular weight is 387 g/mol. The van der Waals surface area contributed by atoms with Crippen molar-refractivity contribution in [1.82, 2.24) is 0 Å². The number of rotatable bonds is 3. The van der Waals surface area contributed by atoms with Gasteiger partial charge in [0.2, 0.25) is 5.91 Å². The van der Waals surface area contributed by atoms with E-state index in [-0.39, 0.29) is 0 Å². The third-order valence-corrected chi connectivity index (χ3v) is 3.73. The van der Waals surface area contributed by atoms with Crippen LogP contribution in [-0.2, 0) is 4.79 Å². The maximum absolute atomic E-state index is 12.4. The molecular formula is C12H13F3INO2. The van der Waals surface area contributed by atoms with Gasteiger partial charge in [-0.2, -0.15) is 13.2 Å². The Balaban J connectivity index is 2.73. The predicted molar refractivity (Wildman–Crippen MR) is 73.8 cm³/mol. The molecule has 2 N–H and O–H groups in total. The van der Waals surface area contributed by atoms with Crippen LogP contribution in [0.15, 0.2) is 18.2 Å². The maximum Gasteiger partial charge on any atom is 0.417 e. The standard InChI is InChI=1S/C12H13F3INO2/c1-7-3-4-8(5-9(7)16)17-10(18)6-11(2,19)12(13,14)15/h3-5,19H,6H2,1-2H3,(H,17,18)/t11-/m1/s1. The number of halogens is 4. The van der Waals surface area contributed by atoms with Gasteiger partial charge in [-0.1, -0.05) is 6.07 Å².